The van der Waals surface area contributed by atoms with Gasteiger partial charge in [-0.25, -0.2) is 4.79 Å². The number of halogens is 1. The van der Waals surface area contributed by atoms with E-state index in [1.165, 1.54) is 12.1 Å². The van der Waals surface area contributed by atoms with Crippen molar-refractivity contribution >= 4 is 34.2 Å². The predicted octanol–water partition coefficient (Wildman–Crippen LogP) is 5.22. The molecule has 0 spiro atoms. The van der Waals surface area contributed by atoms with Gasteiger partial charge in [0, 0.05) is 28.1 Å². The zero-order chi connectivity index (χ0) is 18.1. The van der Waals surface area contributed by atoms with Gasteiger partial charge in [0.15, 0.2) is 0 Å². The van der Waals surface area contributed by atoms with E-state index in [1.54, 1.807) is 44.2 Å². The lowest BCUT2D eigenvalue weighted by atomic mass is 10.1. The second-order valence-electron chi connectivity index (χ2n) is 5.60. The van der Waals surface area contributed by atoms with Crippen LogP contribution in [0.5, 0.6) is 0 Å². The lowest BCUT2D eigenvalue weighted by Gasteiger charge is -2.12. The quantitative estimate of drug-likeness (QED) is 0.362. The van der Waals surface area contributed by atoms with E-state index in [1.807, 2.05) is 0 Å². The second kappa shape index (κ2) is 6.57. The van der Waals surface area contributed by atoms with E-state index < -0.39 is 17.0 Å². The van der Waals surface area contributed by atoms with Gasteiger partial charge < -0.3 is 9.15 Å². The third kappa shape index (κ3) is 3.34. The van der Waals surface area contributed by atoms with Gasteiger partial charge in [-0.15, -0.1) is 0 Å². The summed E-state index contributed by atoms with van der Waals surface area (Å²) in [6.45, 7) is 3.39. The van der Waals surface area contributed by atoms with Crippen LogP contribution in [0.25, 0.3) is 11.0 Å². The highest BCUT2D eigenvalue weighted by molar-refractivity contribution is 6.31. The lowest BCUT2D eigenvalue weighted by Crippen LogP contribution is -2.09. The minimum absolute atomic E-state index is 0.0602. The minimum Gasteiger partial charge on any atom is -0.452 e. The van der Waals surface area contributed by atoms with Crippen LogP contribution in [-0.4, -0.2) is 10.9 Å². The first-order chi connectivity index (χ1) is 11.9. The average molecular weight is 360 g/mol. The number of aryl methyl sites for hydroxylation is 1. The minimum atomic E-state index is -0.663. The van der Waals surface area contributed by atoms with E-state index in [0.29, 0.717) is 21.7 Å². The predicted molar refractivity (Wildman–Crippen MR) is 92.9 cm³/mol. The summed E-state index contributed by atoms with van der Waals surface area (Å²) in [6.07, 6.45) is -0.663. The molecule has 0 aliphatic heterocycles. The molecule has 7 heteroatoms. The molecule has 0 aliphatic carbocycles. The highest BCUT2D eigenvalue weighted by Crippen LogP contribution is 2.30. The van der Waals surface area contributed by atoms with Crippen molar-refractivity contribution in [3.63, 3.8) is 0 Å². The molecule has 1 atom stereocenters. The summed E-state index contributed by atoms with van der Waals surface area (Å²) in [5.74, 6) is -0.543. The molecular weight excluding hydrogens is 346 g/mol. The van der Waals surface area contributed by atoms with Crippen LogP contribution in [0.1, 0.15) is 34.7 Å². The van der Waals surface area contributed by atoms with Gasteiger partial charge in [0.1, 0.15) is 11.7 Å². The first kappa shape index (κ1) is 17.0. The molecule has 2 aromatic carbocycles. The van der Waals surface area contributed by atoms with Gasteiger partial charge in [-0.2, -0.15) is 0 Å². The highest BCUT2D eigenvalue weighted by atomic mass is 35.5. The molecule has 0 saturated heterocycles. The monoisotopic (exact) mass is 359 g/mol. The molecule has 1 aromatic heterocycles. The van der Waals surface area contributed by atoms with Crippen molar-refractivity contribution in [2.75, 3.05) is 0 Å². The molecule has 0 saturated carbocycles. The van der Waals surface area contributed by atoms with Crippen molar-refractivity contribution in [2.24, 2.45) is 0 Å². The number of rotatable bonds is 4. The van der Waals surface area contributed by atoms with E-state index in [2.05, 4.69) is 0 Å². The number of hydrogen-bond donors (Lipinski definition) is 0. The number of carbonyl (C=O) groups is 1. The number of esters is 1. The van der Waals surface area contributed by atoms with Crippen LogP contribution in [0.2, 0.25) is 5.02 Å². The van der Waals surface area contributed by atoms with Gasteiger partial charge in [-0.05, 0) is 37.6 Å². The Bertz CT molecular complexity index is 979. The number of fused-ring (bicyclic) bond motifs is 1. The number of nitro groups is 1. The Morgan fingerprint density at radius 3 is 2.76 bits per heavy atom. The molecule has 6 nitrogen and oxygen atoms in total. The molecular formula is C18H14ClNO5. The Morgan fingerprint density at radius 2 is 2.04 bits per heavy atom. The van der Waals surface area contributed by atoms with Crippen molar-refractivity contribution in [3.8, 4) is 0 Å². The Hall–Kier alpha value is -2.86. The molecule has 3 aromatic rings. The number of benzene rings is 2. The topological polar surface area (TPSA) is 82.6 Å². The maximum Gasteiger partial charge on any atom is 0.375 e. The fraction of sp³-hybridized carbons (Fsp3) is 0.167. The van der Waals surface area contributed by atoms with Gasteiger partial charge in [0.05, 0.1) is 4.92 Å². The molecule has 128 valence electrons. The number of nitrogens with zero attached hydrogens (tertiary/aromatic N) is 1. The Kier molecular flexibility index (Phi) is 4.46. The van der Waals surface area contributed by atoms with Crippen molar-refractivity contribution in [2.45, 2.75) is 20.0 Å². The smallest absolute Gasteiger partial charge is 0.375 e. The molecule has 1 heterocycles. The molecule has 0 fully saturated rings. The Balaban J connectivity index is 1.86. The highest BCUT2D eigenvalue weighted by Gasteiger charge is 2.22. The molecule has 1 unspecified atom stereocenters. The third-order valence-corrected chi connectivity index (χ3v) is 4.15. The number of ether oxygens (including phenoxy) is 1. The van der Waals surface area contributed by atoms with Crippen molar-refractivity contribution in [1.82, 2.24) is 0 Å². The normalized spacial score (nSPS) is 12.1. The fourth-order valence-electron chi connectivity index (χ4n) is 2.56. The van der Waals surface area contributed by atoms with Crippen LogP contribution in [0.15, 0.2) is 46.9 Å². The Labute approximate surface area is 148 Å². The number of hydrogen-bond acceptors (Lipinski definition) is 5. The van der Waals surface area contributed by atoms with E-state index in [0.717, 1.165) is 5.39 Å². The maximum atomic E-state index is 12.4. The van der Waals surface area contributed by atoms with Crippen LogP contribution >= 0.6 is 11.6 Å². The summed E-state index contributed by atoms with van der Waals surface area (Å²) < 4.78 is 11.0. The SMILES string of the molecule is Cc1c(C(=O)OC(C)c2cccc([N+](=O)[O-])c2)oc2ccc(Cl)cc12. The van der Waals surface area contributed by atoms with Crippen molar-refractivity contribution in [1.29, 1.82) is 0 Å². The zero-order valence-corrected chi connectivity index (χ0v) is 14.2. The van der Waals surface area contributed by atoms with E-state index in [-0.39, 0.29) is 11.4 Å². The van der Waals surface area contributed by atoms with Gasteiger partial charge in [0.25, 0.3) is 5.69 Å². The summed E-state index contributed by atoms with van der Waals surface area (Å²) in [7, 11) is 0. The first-order valence-electron chi connectivity index (χ1n) is 7.51. The number of carbonyl (C=O) groups excluding carboxylic acids is 1. The van der Waals surface area contributed by atoms with Crippen molar-refractivity contribution < 1.29 is 18.9 Å². The molecule has 0 amide bonds. The van der Waals surface area contributed by atoms with Gasteiger partial charge in [-0.1, -0.05) is 23.7 Å². The van der Waals surface area contributed by atoms with Crippen LogP contribution in [0.3, 0.4) is 0 Å². The van der Waals surface area contributed by atoms with Gasteiger partial charge in [0.2, 0.25) is 5.76 Å². The van der Waals surface area contributed by atoms with Gasteiger partial charge in [-0.3, -0.25) is 10.1 Å². The summed E-state index contributed by atoms with van der Waals surface area (Å²) in [4.78, 5) is 22.8. The number of nitro benzene ring substituents is 1. The van der Waals surface area contributed by atoms with Crippen LogP contribution in [0.4, 0.5) is 5.69 Å². The fourth-order valence-corrected chi connectivity index (χ4v) is 2.73. The largest absolute Gasteiger partial charge is 0.452 e. The van der Waals surface area contributed by atoms with Crippen LogP contribution in [-0.2, 0) is 4.74 Å². The lowest BCUT2D eigenvalue weighted by molar-refractivity contribution is -0.385. The second-order valence-corrected chi connectivity index (χ2v) is 6.03. The summed E-state index contributed by atoms with van der Waals surface area (Å²) >= 11 is 5.97. The molecule has 0 aliphatic rings. The number of non-ortho nitro benzene ring substituents is 1. The van der Waals surface area contributed by atoms with E-state index in [4.69, 9.17) is 20.8 Å². The third-order valence-electron chi connectivity index (χ3n) is 3.92. The maximum absolute atomic E-state index is 12.4. The van der Waals surface area contributed by atoms with Crippen LogP contribution < -0.4 is 0 Å². The molecule has 25 heavy (non-hydrogen) atoms. The first-order valence-corrected chi connectivity index (χ1v) is 7.88. The summed E-state index contributed by atoms with van der Waals surface area (Å²) in [6, 6.07) is 11.0. The molecule has 3 rings (SSSR count). The van der Waals surface area contributed by atoms with Gasteiger partial charge >= 0.3 is 5.97 Å². The molecule has 0 bridgehead atoms. The summed E-state index contributed by atoms with van der Waals surface area (Å²) in [5.41, 5.74) is 1.64. The van der Waals surface area contributed by atoms with E-state index in [9.17, 15) is 14.9 Å². The van der Waals surface area contributed by atoms with Crippen molar-refractivity contribution in [3.05, 3.63) is 74.5 Å². The average Bonchev–Trinajstić information content (AvgIpc) is 2.91. The Morgan fingerprint density at radius 1 is 1.28 bits per heavy atom. The summed E-state index contributed by atoms with van der Waals surface area (Å²) in [5, 5.41) is 12.1. The van der Waals surface area contributed by atoms with Crippen LogP contribution in [0, 0.1) is 17.0 Å². The molecule has 0 radical (unpaired) electrons. The van der Waals surface area contributed by atoms with E-state index >= 15 is 0 Å². The molecule has 0 N–H and O–H groups in total. The number of furan rings is 1. The zero-order valence-electron chi connectivity index (χ0n) is 13.5. The standard InChI is InChI=1S/C18H14ClNO5/c1-10-15-9-13(19)6-7-16(15)25-17(10)18(21)24-11(2)12-4-3-5-14(8-12)20(22)23/h3-9,11H,1-2H3.